The Morgan fingerprint density at radius 1 is 1.03 bits per heavy atom. The van der Waals surface area contributed by atoms with Crippen molar-refractivity contribution in [2.24, 2.45) is 5.10 Å². The van der Waals surface area contributed by atoms with Crippen molar-refractivity contribution in [1.82, 2.24) is 14.9 Å². The minimum absolute atomic E-state index is 0.148. The van der Waals surface area contributed by atoms with Crippen molar-refractivity contribution >= 4 is 33.9 Å². The van der Waals surface area contributed by atoms with E-state index in [0.717, 1.165) is 39.6 Å². The summed E-state index contributed by atoms with van der Waals surface area (Å²) < 4.78 is 2.96. The van der Waals surface area contributed by atoms with Gasteiger partial charge in [-0.15, -0.1) is 10.2 Å². The molecule has 2 aromatic carbocycles. The number of halogens is 1. The second-order valence-corrected chi connectivity index (χ2v) is 9.85. The van der Waals surface area contributed by atoms with Crippen LogP contribution in [-0.2, 0) is 17.6 Å². The van der Waals surface area contributed by atoms with Crippen LogP contribution in [0.5, 0.6) is 0 Å². The lowest BCUT2D eigenvalue weighted by Gasteiger charge is -2.18. The Kier molecular flexibility index (Phi) is 7.30. The molecule has 0 saturated carbocycles. The molecule has 0 unspecified atom stereocenters. The maximum atomic E-state index is 4.71. The lowest BCUT2D eigenvalue weighted by molar-refractivity contribution is 0.590. The zero-order chi connectivity index (χ0) is 20.9. The summed E-state index contributed by atoms with van der Waals surface area (Å²) in [5.41, 5.74) is 3.77. The largest absolute Gasteiger partial charge is 0.212 e. The normalized spacial score (nSPS) is 12.0. The summed E-state index contributed by atoms with van der Waals surface area (Å²) in [7, 11) is 0. The number of aryl methyl sites for hydroxylation is 1. The van der Waals surface area contributed by atoms with Gasteiger partial charge < -0.3 is 0 Å². The molecule has 3 rings (SSSR count). The topological polar surface area (TPSA) is 43.1 Å². The highest BCUT2D eigenvalue weighted by Gasteiger charge is 2.13. The molecule has 1 aromatic heterocycles. The molecular formula is C23H27BrN4S. The van der Waals surface area contributed by atoms with Gasteiger partial charge in [-0.05, 0) is 40.7 Å². The van der Waals surface area contributed by atoms with Crippen LogP contribution in [0, 0.1) is 0 Å². The van der Waals surface area contributed by atoms with Gasteiger partial charge in [0.25, 0.3) is 0 Å². The summed E-state index contributed by atoms with van der Waals surface area (Å²) in [6, 6.07) is 16.9. The highest BCUT2D eigenvalue weighted by Crippen LogP contribution is 2.24. The van der Waals surface area contributed by atoms with Crippen LogP contribution in [0.15, 0.2) is 63.3 Å². The molecule has 0 saturated heterocycles. The lowest BCUT2D eigenvalue weighted by Crippen LogP contribution is -2.10. The first-order chi connectivity index (χ1) is 13.9. The van der Waals surface area contributed by atoms with Crippen molar-refractivity contribution in [3.05, 3.63) is 75.5 Å². The van der Waals surface area contributed by atoms with Gasteiger partial charge in [0.05, 0.1) is 6.21 Å². The second kappa shape index (κ2) is 9.72. The van der Waals surface area contributed by atoms with Gasteiger partial charge in [-0.1, -0.05) is 91.8 Å². The number of thioether (sulfide) groups is 1. The molecule has 1 heterocycles. The average Bonchev–Trinajstić information content (AvgIpc) is 3.07. The van der Waals surface area contributed by atoms with Crippen molar-refractivity contribution in [3.8, 4) is 0 Å². The van der Waals surface area contributed by atoms with Crippen LogP contribution in [0.1, 0.15) is 56.6 Å². The molecule has 4 nitrogen and oxygen atoms in total. The lowest BCUT2D eigenvalue weighted by atomic mass is 9.87. The number of hydrogen-bond acceptors (Lipinski definition) is 4. The quantitative estimate of drug-likeness (QED) is 0.293. The van der Waals surface area contributed by atoms with E-state index in [-0.39, 0.29) is 5.41 Å². The molecule has 29 heavy (non-hydrogen) atoms. The van der Waals surface area contributed by atoms with E-state index in [1.165, 1.54) is 11.1 Å². The zero-order valence-electron chi connectivity index (χ0n) is 17.4. The number of nitrogens with zero attached hydrogens (tertiary/aromatic N) is 4. The Balaban J connectivity index is 1.78. The Labute approximate surface area is 186 Å². The van der Waals surface area contributed by atoms with Crippen molar-refractivity contribution in [2.45, 2.75) is 56.9 Å². The molecule has 0 N–H and O–H groups in total. The minimum Gasteiger partial charge on any atom is -0.191 e. The van der Waals surface area contributed by atoms with Gasteiger partial charge >= 0.3 is 0 Å². The minimum atomic E-state index is 0.148. The van der Waals surface area contributed by atoms with Crippen molar-refractivity contribution in [2.75, 3.05) is 0 Å². The number of aromatic nitrogens is 3. The first-order valence-corrected chi connectivity index (χ1v) is 11.6. The molecular weight excluding hydrogens is 444 g/mol. The predicted molar refractivity (Wildman–Crippen MR) is 126 cm³/mol. The Hall–Kier alpha value is -1.92. The fourth-order valence-electron chi connectivity index (χ4n) is 2.80. The maximum Gasteiger partial charge on any atom is 0.212 e. The fourth-order valence-corrected chi connectivity index (χ4v) is 3.93. The van der Waals surface area contributed by atoms with E-state index in [2.05, 4.69) is 102 Å². The molecule has 0 spiro atoms. The SMILES string of the molecule is CCCc1nnc(SCc2ccc(Br)cc2)n1/N=C/c1ccc(C(C)(C)C)cc1. The standard InChI is InChI=1S/C23H27BrN4S/c1-5-6-21-26-27-22(29-16-18-9-13-20(24)14-10-18)28(21)25-15-17-7-11-19(12-8-17)23(2,3)4/h7-15H,5-6,16H2,1-4H3/b25-15+. The fraction of sp³-hybridized carbons (Fsp3) is 0.348. The Morgan fingerprint density at radius 3 is 2.34 bits per heavy atom. The highest BCUT2D eigenvalue weighted by atomic mass is 79.9. The van der Waals surface area contributed by atoms with E-state index in [4.69, 9.17) is 5.10 Å². The van der Waals surface area contributed by atoms with Crippen LogP contribution < -0.4 is 0 Å². The summed E-state index contributed by atoms with van der Waals surface area (Å²) >= 11 is 5.13. The third-order valence-corrected chi connectivity index (χ3v) is 6.05. The summed E-state index contributed by atoms with van der Waals surface area (Å²) in [5.74, 6) is 1.72. The van der Waals surface area contributed by atoms with E-state index in [1.807, 2.05) is 10.9 Å². The highest BCUT2D eigenvalue weighted by molar-refractivity contribution is 9.10. The van der Waals surface area contributed by atoms with Crippen molar-refractivity contribution in [3.63, 3.8) is 0 Å². The van der Waals surface area contributed by atoms with E-state index in [0.29, 0.717) is 0 Å². The number of benzene rings is 2. The molecule has 152 valence electrons. The molecule has 0 fully saturated rings. The predicted octanol–water partition coefficient (Wildman–Crippen LogP) is 6.47. The van der Waals surface area contributed by atoms with Gasteiger partial charge in [0.1, 0.15) is 0 Å². The first-order valence-electron chi connectivity index (χ1n) is 9.83. The monoisotopic (exact) mass is 470 g/mol. The van der Waals surface area contributed by atoms with Gasteiger partial charge in [0.15, 0.2) is 5.82 Å². The smallest absolute Gasteiger partial charge is 0.191 e. The molecule has 6 heteroatoms. The molecule has 0 aliphatic rings. The van der Waals surface area contributed by atoms with Crippen LogP contribution >= 0.6 is 27.7 Å². The van der Waals surface area contributed by atoms with Gasteiger partial charge in [0.2, 0.25) is 5.16 Å². The summed E-state index contributed by atoms with van der Waals surface area (Å²) in [4.78, 5) is 0. The van der Waals surface area contributed by atoms with E-state index < -0.39 is 0 Å². The Bertz CT molecular complexity index is 954. The van der Waals surface area contributed by atoms with Gasteiger partial charge in [-0.3, -0.25) is 0 Å². The van der Waals surface area contributed by atoms with Crippen LogP contribution in [0.2, 0.25) is 0 Å². The number of rotatable bonds is 7. The van der Waals surface area contributed by atoms with Crippen LogP contribution in [0.25, 0.3) is 0 Å². The van der Waals surface area contributed by atoms with Crippen LogP contribution in [-0.4, -0.2) is 21.1 Å². The molecule has 0 amide bonds. The number of hydrogen-bond donors (Lipinski definition) is 0. The first kappa shape index (κ1) is 21.8. The third-order valence-electron chi connectivity index (χ3n) is 4.53. The molecule has 0 atom stereocenters. The van der Waals surface area contributed by atoms with Crippen LogP contribution in [0.3, 0.4) is 0 Å². The molecule has 3 aromatic rings. The molecule has 0 radical (unpaired) electrons. The van der Waals surface area contributed by atoms with Crippen molar-refractivity contribution in [1.29, 1.82) is 0 Å². The molecule has 0 bridgehead atoms. The molecule has 0 aliphatic heterocycles. The third kappa shape index (κ3) is 6.03. The van der Waals surface area contributed by atoms with Crippen molar-refractivity contribution < 1.29 is 0 Å². The second-order valence-electron chi connectivity index (χ2n) is 7.99. The van der Waals surface area contributed by atoms with Crippen LogP contribution in [0.4, 0.5) is 0 Å². The average molecular weight is 471 g/mol. The zero-order valence-corrected chi connectivity index (χ0v) is 19.8. The van der Waals surface area contributed by atoms with Gasteiger partial charge in [0, 0.05) is 16.6 Å². The summed E-state index contributed by atoms with van der Waals surface area (Å²) in [6.07, 6.45) is 3.75. The Morgan fingerprint density at radius 2 is 1.72 bits per heavy atom. The summed E-state index contributed by atoms with van der Waals surface area (Å²) in [6.45, 7) is 8.81. The summed E-state index contributed by atoms with van der Waals surface area (Å²) in [5, 5.41) is 14.3. The van der Waals surface area contributed by atoms with Gasteiger partial charge in [-0.2, -0.15) is 9.78 Å². The van der Waals surface area contributed by atoms with Gasteiger partial charge in [-0.25, -0.2) is 0 Å². The molecule has 0 aliphatic carbocycles. The van der Waals surface area contributed by atoms with E-state index in [1.54, 1.807) is 11.8 Å². The van der Waals surface area contributed by atoms with E-state index in [9.17, 15) is 0 Å². The maximum absolute atomic E-state index is 4.71. The van der Waals surface area contributed by atoms with E-state index >= 15 is 0 Å².